The van der Waals surface area contributed by atoms with E-state index in [2.05, 4.69) is 5.32 Å². The van der Waals surface area contributed by atoms with Crippen LogP contribution in [0.15, 0.2) is 114 Å². The molecule has 0 saturated heterocycles. The molecule has 4 aromatic carbocycles. The van der Waals surface area contributed by atoms with E-state index in [1.54, 1.807) is 67.6 Å². The Morgan fingerprint density at radius 3 is 2.11 bits per heavy atom. The molecule has 240 valence electrons. The highest BCUT2D eigenvalue weighted by molar-refractivity contribution is 7.92. The highest BCUT2D eigenvalue weighted by atomic mass is 32.2. The second-order valence-electron chi connectivity index (χ2n) is 11.8. The molecule has 1 fully saturated rings. The Bertz CT molecular complexity index is 1730. The van der Waals surface area contributed by atoms with Crippen LogP contribution in [0.4, 0.5) is 10.1 Å². The lowest BCUT2D eigenvalue weighted by molar-refractivity contribution is -0.140. The first-order valence-electron chi connectivity index (χ1n) is 15.7. The van der Waals surface area contributed by atoms with Gasteiger partial charge in [0.1, 0.15) is 18.4 Å². The smallest absolute Gasteiger partial charge is 0.264 e. The predicted octanol–water partition coefficient (Wildman–Crippen LogP) is 6.42. The quantitative estimate of drug-likeness (QED) is 0.194. The highest BCUT2D eigenvalue weighted by Gasteiger charge is 2.36. The van der Waals surface area contributed by atoms with Gasteiger partial charge in [0.15, 0.2) is 0 Å². The Hall–Kier alpha value is -4.50. The van der Waals surface area contributed by atoms with Crippen molar-refractivity contribution in [2.24, 2.45) is 0 Å². The lowest BCUT2D eigenvalue weighted by Crippen LogP contribution is -2.55. The van der Waals surface area contributed by atoms with Crippen LogP contribution in [0.1, 0.15) is 48.8 Å². The number of carbonyl (C=O) groups is 2. The van der Waals surface area contributed by atoms with Crippen LogP contribution in [0.25, 0.3) is 0 Å². The summed E-state index contributed by atoms with van der Waals surface area (Å²) in [4.78, 5) is 30.1. The zero-order valence-corrected chi connectivity index (χ0v) is 26.8. The van der Waals surface area contributed by atoms with E-state index in [1.807, 2.05) is 30.3 Å². The van der Waals surface area contributed by atoms with Crippen LogP contribution in [0.5, 0.6) is 0 Å². The van der Waals surface area contributed by atoms with Crippen molar-refractivity contribution in [3.05, 3.63) is 132 Å². The van der Waals surface area contributed by atoms with Gasteiger partial charge in [-0.2, -0.15) is 0 Å². The Labute approximate surface area is 271 Å². The van der Waals surface area contributed by atoms with Gasteiger partial charge in [-0.15, -0.1) is 0 Å². The third-order valence-corrected chi connectivity index (χ3v) is 10.3. The molecule has 1 aliphatic carbocycles. The Morgan fingerprint density at radius 2 is 1.43 bits per heavy atom. The van der Waals surface area contributed by atoms with Crippen molar-refractivity contribution in [1.82, 2.24) is 10.2 Å². The molecule has 7 nitrogen and oxygen atoms in total. The predicted molar refractivity (Wildman–Crippen MR) is 178 cm³/mol. The molecule has 4 aromatic rings. The molecule has 46 heavy (non-hydrogen) atoms. The second kappa shape index (κ2) is 15.2. The van der Waals surface area contributed by atoms with Crippen molar-refractivity contribution < 1.29 is 22.4 Å². The maximum atomic E-state index is 15.1. The fourth-order valence-corrected chi connectivity index (χ4v) is 7.48. The van der Waals surface area contributed by atoms with E-state index in [9.17, 15) is 18.0 Å². The number of para-hydroxylation sites is 1. The molecule has 0 spiro atoms. The average molecular weight is 642 g/mol. The molecule has 1 N–H and O–H groups in total. The van der Waals surface area contributed by atoms with Crippen molar-refractivity contribution >= 4 is 27.5 Å². The van der Waals surface area contributed by atoms with Gasteiger partial charge in [0, 0.05) is 24.6 Å². The molecule has 0 bridgehead atoms. The number of carbonyl (C=O) groups excluding carboxylic acids is 2. The Kier molecular flexibility index (Phi) is 10.9. The van der Waals surface area contributed by atoms with Crippen LogP contribution in [-0.4, -0.2) is 43.8 Å². The molecule has 5 rings (SSSR count). The lowest BCUT2D eigenvalue weighted by atomic mass is 9.94. The molecule has 0 unspecified atom stereocenters. The van der Waals surface area contributed by atoms with Crippen LogP contribution in [0.2, 0.25) is 0 Å². The van der Waals surface area contributed by atoms with Gasteiger partial charge in [-0.1, -0.05) is 104 Å². The molecule has 0 heterocycles. The highest BCUT2D eigenvalue weighted by Crippen LogP contribution is 2.28. The van der Waals surface area contributed by atoms with E-state index in [-0.39, 0.29) is 35.4 Å². The van der Waals surface area contributed by atoms with Crippen LogP contribution in [0.3, 0.4) is 0 Å². The minimum Gasteiger partial charge on any atom is -0.352 e. The normalized spacial score (nSPS) is 14.3. The van der Waals surface area contributed by atoms with E-state index in [0.29, 0.717) is 11.3 Å². The summed E-state index contributed by atoms with van der Waals surface area (Å²) in [5, 5.41) is 3.17. The van der Waals surface area contributed by atoms with Gasteiger partial charge in [-0.25, -0.2) is 12.8 Å². The maximum absolute atomic E-state index is 15.1. The zero-order valence-electron chi connectivity index (χ0n) is 26.0. The molecule has 1 atom stereocenters. The topological polar surface area (TPSA) is 86.8 Å². The van der Waals surface area contributed by atoms with Gasteiger partial charge in [-0.05, 0) is 55.2 Å². The first-order valence-corrected chi connectivity index (χ1v) is 17.2. The summed E-state index contributed by atoms with van der Waals surface area (Å²) in [6, 6.07) is 29.3. The van der Waals surface area contributed by atoms with Crippen molar-refractivity contribution in [2.45, 2.75) is 69.0 Å². The Morgan fingerprint density at radius 1 is 0.826 bits per heavy atom. The molecular formula is C37H40FN3O4S. The number of anilines is 1. The SMILES string of the molecule is Cc1ccccc1N(CC(=O)N(Cc1ccccc1F)[C@H](Cc1ccccc1)C(=O)NC1CCCCC1)S(=O)(=O)c1ccccc1. The number of aryl methyl sites for hydroxylation is 1. The average Bonchev–Trinajstić information content (AvgIpc) is 3.07. The number of sulfonamides is 1. The molecular weight excluding hydrogens is 601 g/mol. The van der Waals surface area contributed by atoms with Gasteiger partial charge in [-0.3, -0.25) is 13.9 Å². The number of amides is 2. The standard InChI is InChI=1S/C37H40FN3O4S/c1-28-15-11-14-24-34(28)41(46(44,45)32-21-9-4-10-22-32)27-36(42)40(26-30-18-12-13-23-33(30)38)35(25-29-16-5-2-6-17-29)37(43)39-31-19-7-3-8-20-31/h2,4-6,9-18,21-24,31,35H,3,7-8,19-20,25-27H2,1H3,(H,39,43)/t35-/m1/s1. The largest absolute Gasteiger partial charge is 0.352 e. The number of nitrogens with zero attached hydrogens (tertiary/aromatic N) is 2. The van der Waals surface area contributed by atoms with Crippen LogP contribution in [-0.2, 0) is 32.6 Å². The summed E-state index contributed by atoms with van der Waals surface area (Å²) in [7, 11) is -4.20. The fraction of sp³-hybridized carbons (Fsp3) is 0.297. The van der Waals surface area contributed by atoms with Gasteiger partial charge in [0.2, 0.25) is 11.8 Å². The first kappa shape index (κ1) is 32.9. The summed E-state index contributed by atoms with van der Waals surface area (Å²) in [6.07, 6.45) is 5.00. The lowest BCUT2D eigenvalue weighted by Gasteiger charge is -2.35. The number of nitrogens with one attached hydrogen (secondary N) is 1. The van der Waals surface area contributed by atoms with Crippen LogP contribution >= 0.6 is 0 Å². The van der Waals surface area contributed by atoms with Gasteiger partial charge < -0.3 is 10.2 Å². The van der Waals surface area contributed by atoms with Crippen molar-refractivity contribution in [3.63, 3.8) is 0 Å². The summed E-state index contributed by atoms with van der Waals surface area (Å²) in [6.45, 7) is 0.979. The fourth-order valence-electron chi connectivity index (χ4n) is 5.98. The number of rotatable bonds is 12. The van der Waals surface area contributed by atoms with E-state index in [1.165, 1.54) is 23.1 Å². The second-order valence-corrected chi connectivity index (χ2v) is 13.6. The summed E-state index contributed by atoms with van der Waals surface area (Å²) >= 11 is 0. The molecule has 1 saturated carbocycles. The Balaban J connectivity index is 1.57. The summed E-state index contributed by atoms with van der Waals surface area (Å²) in [5.74, 6) is -1.47. The molecule has 2 amide bonds. The monoisotopic (exact) mass is 641 g/mol. The van der Waals surface area contributed by atoms with Gasteiger partial charge >= 0.3 is 0 Å². The third kappa shape index (κ3) is 8.01. The summed E-state index contributed by atoms with van der Waals surface area (Å²) < 4.78 is 44.5. The van der Waals surface area contributed by atoms with Crippen molar-refractivity contribution in [3.8, 4) is 0 Å². The van der Waals surface area contributed by atoms with Crippen LogP contribution in [0, 0.1) is 12.7 Å². The van der Waals surface area contributed by atoms with E-state index >= 15 is 4.39 Å². The number of benzene rings is 4. The number of hydrogen-bond donors (Lipinski definition) is 1. The minimum absolute atomic E-state index is 0.0214. The number of hydrogen-bond acceptors (Lipinski definition) is 4. The van der Waals surface area contributed by atoms with E-state index < -0.39 is 34.3 Å². The maximum Gasteiger partial charge on any atom is 0.264 e. The zero-order chi connectivity index (χ0) is 32.5. The molecule has 0 aliphatic heterocycles. The minimum atomic E-state index is -4.20. The molecule has 0 aromatic heterocycles. The molecule has 0 radical (unpaired) electrons. The number of halogens is 1. The molecule has 9 heteroatoms. The summed E-state index contributed by atoms with van der Waals surface area (Å²) in [5.41, 5.74) is 2.06. The van der Waals surface area contributed by atoms with Gasteiger partial charge in [0.05, 0.1) is 10.6 Å². The van der Waals surface area contributed by atoms with E-state index in [4.69, 9.17) is 0 Å². The van der Waals surface area contributed by atoms with Crippen molar-refractivity contribution in [2.75, 3.05) is 10.8 Å². The third-order valence-electron chi connectivity index (χ3n) is 8.52. The van der Waals surface area contributed by atoms with E-state index in [0.717, 1.165) is 42.0 Å². The van der Waals surface area contributed by atoms with Crippen LogP contribution < -0.4 is 9.62 Å². The first-order chi connectivity index (χ1) is 22.2. The van der Waals surface area contributed by atoms with Crippen molar-refractivity contribution in [1.29, 1.82) is 0 Å². The van der Waals surface area contributed by atoms with Gasteiger partial charge in [0.25, 0.3) is 10.0 Å². The molecule has 1 aliphatic rings.